The minimum atomic E-state index is -0.482. The van der Waals surface area contributed by atoms with Crippen molar-refractivity contribution in [2.24, 2.45) is 0 Å². The molecule has 0 radical (unpaired) electrons. The van der Waals surface area contributed by atoms with Crippen molar-refractivity contribution in [3.05, 3.63) is 16.7 Å². The molecule has 66 valence electrons. The Hall–Kier alpha value is -1.43. The first kappa shape index (κ1) is 8.66. The van der Waals surface area contributed by atoms with Gasteiger partial charge in [-0.2, -0.15) is 10.1 Å². The number of nitrogens with zero attached hydrogens (tertiary/aromatic N) is 3. The van der Waals surface area contributed by atoms with Crippen molar-refractivity contribution in [1.29, 1.82) is 0 Å². The fourth-order valence-corrected chi connectivity index (χ4v) is 0.757. The van der Waals surface area contributed by atoms with Gasteiger partial charge in [0.15, 0.2) is 5.82 Å². The molecule has 0 atom stereocenters. The molecule has 0 fully saturated rings. The summed E-state index contributed by atoms with van der Waals surface area (Å²) in [5.74, 6) is 0.0527. The molecule has 1 aromatic rings. The first-order valence-electron chi connectivity index (χ1n) is 3.51. The quantitative estimate of drug-likeness (QED) is 0.611. The van der Waals surface area contributed by atoms with E-state index < -0.39 is 5.69 Å². The molecule has 6 nitrogen and oxygen atoms in total. The van der Waals surface area contributed by atoms with Gasteiger partial charge in [-0.1, -0.05) is 0 Å². The maximum Gasteiger partial charge on any atom is 0.366 e. The lowest BCUT2D eigenvalue weighted by atomic mass is 10.4. The molecule has 2 N–H and O–H groups in total. The van der Waals surface area contributed by atoms with Crippen LogP contribution in [-0.2, 0) is 0 Å². The normalized spacial score (nSPS) is 10.3. The van der Waals surface area contributed by atoms with E-state index in [1.807, 2.05) is 13.8 Å². The molecule has 0 saturated carbocycles. The average Bonchev–Trinajstić information content (AvgIpc) is 2.03. The molecular weight excluding hydrogens is 160 g/mol. The maximum absolute atomic E-state index is 11.1. The zero-order valence-electron chi connectivity index (χ0n) is 6.85. The second-order valence-corrected chi connectivity index (χ2v) is 2.57. The van der Waals surface area contributed by atoms with Crippen molar-refractivity contribution in [2.45, 2.75) is 19.9 Å². The molecule has 0 aromatic carbocycles. The van der Waals surface area contributed by atoms with Crippen molar-refractivity contribution < 1.29 is 5.21 Å². The molecule has 0 unspecified atom stereocenters. The molecular formula is C6H10N4O2. The second-order valence-electron chi connectivity index (χ2n) is 2.57. The molecule has 0 aliphatic heterocycles. The fourth-order valence-electron chi connectivity index (χ4n) is 0.757. The molecule has 1 aromatic heterocycles. The summed E-state index contributed by atoms with van der Waals surface area (Å²) in [7, 11) is 0. The van der Waals surface area contributed by atoms with E-state index in [-0.39, 0.29) is 11.9 Å². The molecule has 0 spiro atoms. The Labute approximate surface area is 68.8 Å². The van der Waals surface area contributed by atoms with Crippen molar-refractivity contribution in [1.82, 2.24) is 14.8 Å². The predicted molar refractivity (Wildman–Crippen MR) is 42.1 cm³/mol. The summed E-state index contributed by atoms with van der Waals surface area (Å²) in [5.41, 5.74) is 1.26. The lowest BCUT2D eigenvalue weighted by Crippen LogP contribution is -2.27. The SMILES string of the molecule is CC(C)n1ncc(NO)nc1=O. The Kier molecular flexibility index (Phi) is 2.39. The summed E-state index contributed by atoms with van der Waals surface area (Å²) < 4.78 is 1.22. The van der Waals surface area contributed by atoms with Crippen LogP contribution in [0.3, 0.4) is 0 Å². The number of hydrogen-bond acceptors (Lipinski definition) is 5. The molecule has 1 heterocycles. The summed E-state index contributed by atoms with van der Waals surface area (Å²) in [6.07, 6.45) is 1.28. The van der Waals surface area contributed by atoms with Gasteiger partial charge in [0.05, 0.1) is 12.2 Å². The summed E-state index contributed by atoms with van der Waals surface area (Å²) in [4.78, 5) is 14.6. The third-order valence-electron chi connectivity index (χ3n) is 1.32. The average molecular weight is 170 g/mol. The predicted octanol–water partition coefficient (Wildman–Crippen LogP) is 0.0203. The Bertz CT molecular complexity index is 320. The molecule has 12 heavy (non-hydrogen) atoms. The van der Waals surface area contributed by atoms with E-state index in [1.165, 1.54) is 10.9 Å². The molecule has 0 bridgehead atoms. The first-order valence-corrected chi connectivity index (χ1v) is 3.51. The zero-order valence-corrected chi connectivity index (χ0v) is 6.85. The van der Waals surface area contributed by atoms with Gasteiger partial charge in [0, 0.05) is 0 Å². The molecule has 0 aliphatic rings. The van der Waals surface area contributed by atoms with Gasteiger partial charge in [-0.25, -0.2) is 9.48 Å². The highest BCUT2D eigenvalue weighted by molar-refractivity contribution is 5.24. The Balaban J connectivity index is 3.12. The van der Waals surface area contributed by atoms with Gasteiger partial charge in [-0.05, 0) is 13.8 Å². The van der Waals surface area contributed by atoms with Crippen LogP contribution in [-0.4, -0.2) is 20.0 Å². The van der Waals surface area contributed by atoms with E-state index in [4.69, 9.17) is 5.21 Å². The second kappa shape index (κ2) is 3.31. The zero-order chi connectivity index (χ0) is 9.14. The molecule has 1 rings (SSSR count). The first-order chi connectivity index (χ1) is 5.65. The smallest absolute Gasteiger partial charge is 0.290 e. The molecule has 0 aliphatic carbocycles. The van der Waals surface area contributed by atoms with Crippen molar-refractivity contribution in [3.63, 3.8) is 0 Å². The van der Waals surface area contributed by atoms with E-state index in [2.05, 4.69) is 10.1 Å². The summed E-state index contributed by atoms with van der Waals surface area (Å²) in [6.45, 7) is 3.64. The number of nitrogens with one attached hydrogen (secondary N) is 1. The van der Waals surface area contributed by atoms with Gasteiger partial charge in [0.1, 0.15) is 0 Å². The van der Waals surface area contributed by atoms with Crippen LogP contribution >= 0.6 is 0 Å². The number of aromatic nitrogens is 3. The Morgan fingerprint density at radius 1 is 1.67 bits per heavy atom. The van der Waals surface area contributed by atoms with Crippen LogP contribution in [0.15, 0.2) is 11.0 Å². The minimum Gasteiger partial charge on any atom is -0.290 e. The van der Waals surface area contributed by atoms with Gasteiger partial charge in [0.2, 0.25) is 0 Å². The van der Waals surface area contributed by atoms with Crippen molar-refractivity contribution in [2.75, 3.05) is 5.48 Å². The van der Waals surface area contributed by atoms with Gasteiger partial charge in [-0.3, -0.25) is 10.7 Å². The number of rotatable bonds is 2. The van der Waals surface area contributed by atoms with Crippen LogP contribution in [0.25, 0.3) is 0 Å². The summed E-state index contributed by atoms with van der Waals surface area (Å²) >= 11 is 0. The highest BCUT2D eigenvalue weighted by atomic mass is 16.5. The monoisotopic (exact) mass is 170 g/mol. The molecule has 0 amide bonds. The summed E-state index contributed by atoms with van der Waals surface area (Å²) in [5, 5.41) is 12.2. The summed E-state index contributed by atoms with van der Waals surface area (Å²) in [6, 6.07) is -0.0299. The molecule has 0 saturated heterocycles. The number of anilines is 1. The van der Waals surface area contributed by atoms with Crippen LogP contribution in [0, 0.1) is 0 Å². The van der Waals surface area contributed by atoms with E-state index in [0.717, 1.165) is 0 Å². The third-order valence-corrected chi connectivity index (χ3v) is 1.32. The Morgan fingerprint density at radius 2 is 2.33 bits per heavy atom. The highest BCUT2D eigenvalue weighted by Gasteiger charge is 2.03. The van der Waals surface area contributed by atoms with Crippen molar-refractivity contribution in [3.8, 4) is 0 Å². The largest absolute Gasteiger partial charge is 0.366 e. The maximum atomic E-state index is 11.1. The van der Waals surface area contributed by atoms with Gasteiger partial charge >= 0.3 is 5.69 Å². The van der Waals surface area contributed by atoms with E-state index in [1.54, 1.807) is 5.48 Å². The minimum absolute atomic E-state index is 0.0299. The Morgan fingerprint density at radius 3 is 2.75 bits per heavy atom. The fraction of sp³-hybridized carbons (Fsp3) is 0.500. The van der Waals surface area contributed by atoms with Gasteiger partial charge in [-0.15, -0.1) is 0 Å². The van der Waals surface area contributed by atoms with Crippen molar-refractivity contribution >= 4 is 5.82 Å². The van der Waals surface area contributed by atoms with Crippen LogP contribution < -0.4 is 11.2 Å². The lowest BCUT2D eigenvalue weighted by molar-refractivity contribution is 0.382. The lowest BCUT2D eigenvalue weighted by Gasteiger charge is -2.06. The number of hydrogen-bond donors (Lipinski definition) is 2. The van der Waals surface area contributed by atoms with Crippen LogP contribution in [0.4, 0.5) is 5.82 Å². The topological polar surface area (TPSA) is 80.0 Å². The van der Waals surface area contributed by atoms with Crippen LogP contribution in [0.5, 0.6) is 0 Å². The third kappa shape index (κ3) is 1.59. The molecule has 6 heteroatoms. The van der Waals surface area contributed by atoms with E-state index in [0.29, 0.717) is 0 Å². The standard InChI is InChI=1S/C6H10N4O2/c1-4(2)10-6(11)8-5(9-12)3-7-10/h3-4,12H,1-2H3,(H,8,9,11). The van der Waals surface area contributed by atoms with E-state index in [9.17, 15) is 4.79 Å². The van der Waals surface area contributed by atoms with E-state index >= 15 is 0 Å². The van der Waals surface area contributed by atoms with Crippen LogP contribution in [0.1, 0.15) is 19.9 Å². The van der Waals surface area contributed by atoms with Crippen LogP contribution in [0.2, 0.25) is 0 Å². The highest BCUT2D eigenvalue weighted by Crippen LogP contribution is 1.97. The van der Waals surface area contributed by atoms with Gasteiger partial charge < -0.3 is 0 Å². The van der Waals surface area contributed by atoms with Gasteiger partial charge in [0.25, 0.3) is 0 Å².